The van der Waals surface area contributed by atoms with Crippen LogP contribution < -0.4 is 14.2 Å². The molecule has 34 heavy (non-hydrogen) atoms. The van der Waals surface area contributed by atoms with Crippen molar-refractivity contribution in [3.8, 4) is 17.2 Å². The van der Waals surface area contributed by atoms with Crippen molar-refractivity contribution >= 4 is 17.8 Å². The van der Waals surface area contributed by atoms with Gasteiger partial charge in [0, 0.05) is 11.1 Å². The van der Waals surface area contributed by atoms with Crippen LogP contribution in [0.2, 0.25) is 0 Å². The van der Waals surface area contributed by atoms with Gasteiger partial charge in [0.25, 0.3) is 0 Å². The first-order valence-electron chi connectivity index (χ1n) is 11.3. The lowest BCUT2D eigenvalue weighted by Crippen LogP contribution is -2.13. The van der Waals surface area contributed by atoms with Gasteiger partial charge in [0.1, 0.15) is 17.2 Å². The van der Waals surface area contributed by atoms with E-state index >= 15 is 0 Å². The summed E-state index contributed by atoms with van der Waals surface area (Å²) in [6.45, 7) is 10.5. The fourth-order valence-electron chi connectivity index (χ4n) is 3.77. The van der Waals surface area contributed by atoms with E-state index in [-0.39, 0.29) is 17.0 Å². The fraction of sp³-hybridized carbons (Fsp3) is 0.241. The molecule has 0 N–H and O–H groups in total. The van der Waals surface area contributed by atoms with Crippen molar-refractivity contribution in [1.82, 2.24) is 0 Å². The number of benzene rings is 3. The third kappa shape index (κ3) is 4.60. The zero-order chi connectivity index (χ0) is 24.5. The normalized spacial score (nSPS) is 14.0. The number of rotatable bonds is 5. The SMILES string of the molecule is CCOc1ccccc1/C=C1\Oc2c(ccc(OC(=O)c3ccc(C(C)(C)C)cc3)c2C)C1=O. The summed E-state index contributed by atoms with van der Waals surface area (Å²) in [4.78, 5) is 25.7. The van der Waals surface area contributed by atoms with E-state index in [2.05, 4.69) is 20.8 Å². The first-order chi connectivity index (χ1) is 16.2. The number of hydrogen-bond donors (Lipinski definition) is 0. The van der Waals surface area contributed by atoms with E-state index < -0.39 is 5.97 Å². The Morgan fingerprint density at radius 2 is 1.68 bits per heavy atom. The molecule has 0 bridgehead atoms. The highest BCUT2D eigenvalue weighted by molar-refractivity contribution is 6.15. The second-order valence-electron chi connectivity index (χ2n) is 9.19. The Morgan fingerprint density at radius 3 is 2.35 bits per heavy atom. The lowest BCUT2D eigenvalue weighted by molar-refractivity contribution is 0.0733. The van der Waals surface area contributed by atoms with Gasteiger partial charge >= 0.3 is 5.97 Å². The maximum Gasteiger partial charge on any atom is 0.343 e. The van der Waals surface area contributed by atoms with Gasteiger partial charge in [-0.05, 0) is 61.2 Å². The van der Waals surface area contributed by atoms with Gasteiger partial charge in [0.15, 0.2) is 5.76 Å². The van der Waals surface area contributed by atoms with Crippen molar-refractivity contribution in [3.05, 3.63) is 94.2 Å². The summed E-state index contributed by atoms with van der Waals surface area (Å²) in [7, 11) is 0. The Kier molecular flexibility index (Phi) is 6.29. The first-order valence-corrected chi connectivity index (χ1v) is 11.3. The van der Waals surface area contributed by atoms with Crippen LogP contribution >= 0.6 is 0 Å². The summed E-state index contributed by atoms with van der Waals surface area (Å²) in [5, 5.41) is 0. The summed E-state index contributed by atoms with van der Waals surface area (Å²) < 4.78 is 17.2. The molecule has 1 heterocycles. The van der Waals surface area contributed by atoms with Crippen LogP contribution in [0.3, 0.4) is 0 Å². The molecule has 0 fully saturated rings. The van der Waals surface area contributed by atoms with Gasteiger partial charge in [-0.1, -0.05) is 51.1 Å². The van der Waals surface area contributed by atoms with Gasteiger partial charge < -0.3 is 14.2 Å². The highest BCUT2D eigenvalue weighted by Gasteiger charge is 2.31. The number of hydrogen-bond acceptors (Lipinski definition) is 5. The topological polar surface area (TPSA) is 61.8 Å². The molecule has 3 aromatic carbocycles. The third-order valence-corrected chi connectivity index (χ3v) is 5.73. The number of Topliss-reactive ketones (excluding diaryl/α,β-unsaturated/α-hetero) is 1. The maximum absolute atomic E-state index is 12.9. The Hall–Kier alpha value is -3.86. The minimum absolute atomic E-state index is 0.00269. The Bertz CT molecular complexity index is 1280. The lowest BCUT2D eigenvalue weighted by atomic mass is 9.87. The van der Waals surface area contributed by atoms with Gasteiger partial charge in [-0.25, -0.2) is 4.79 Å². The van der Waals surface area contributed by atoms with Crippen LogP contribution in [0.5, 0.6) is 17.2 Å². The molecular formula is C29H28O5. The molecule has 174 valence electrons. The minimum atomic E-state index is -0.464. The number of allylic oxidation sites excluding steroid dienone is 1. The van der Waals surface area contributed by atoms with Crippen LogP contribution in [0.25, 0.3) is 6.08 Å². The van der Waals surface area contributed by atoms with E-state index in [1.807, 2.05) is 43.3 Å². The quantitative estimate of drug-likeness (QED) is 0.248. The molecule has 0 amide bonds. The van der Waals surface area contributed by atoms with E-state index in [1.165, 1.54) is 0 Å². The summed E-state index contributed by atoms with van der Waals surface area (Å²) >= 11 is 0. The summed E-state index contributed by atoms with van der Waals surface area (Å²) in [6, 6.07) is 18.1. The molecule has 1 aliphatic heterocycles. The molecule has 0 atom stereocenters. The number of carbonyl (C=O) groups is 2. The van der Waals surface area contributed by atoms with Crippen molar-refractivity contribution < 1.29 is 23.8 Å². The van der Waals surface area contributed by atoms with Crippen LogP contribution in [-0.4, -0.2) is 18.4 Å². The van der Waals surface area contributed by atoms with Crippen molar-refractivity contribution in [3.63, 3.8) is 0 Å². The zero-order valence-electron chi connectivity index (χ0n) is 20.1. The lowest BCUT2D eigenvalue weighted by Gasteiger charge is -2.19. The van der Waals surface area contributed by atoms with Crippen molar-refractivity contribution in [2.24, 2.45) is 0 Å². The molecular weight excluding hydrogens is 428 g/mol. The number of fused-ring (bicyclic) bond motifs is 1. The molecule has 0 radical (unpaired) electrons. The van der Waals surface area contributed by atoms with Crippen LogP contribution in [0.4, 0.5) is 0 Å². The standard InChI is InChI=1S/C29H28O5/c1-6-32-24-10-8-7-9-20(24)17-25-26(30)22-15-16-23(18(2)27(22)33-25)34-28(31)19-11-13-21(14-12-19)29(3,4)5/h7-17H,6H2,1-5H3/b25-17-. The smallest absolute Gasteiger partial charge is 0.343 e. The third-order valence-electron chi connectivity index (χ3n) is 5.73. The second-order valence-corrected chi connectivity index (χ2v) is 9.19. The highest BCUT2D eigenvalue weighted by Crippen LogP contribution is 2.40. The highest BCUT2D eigenvalue weighted by atomic mass is 16.5. The average molecular weight is 457 g/mol. The number of carbonyl (C=O) groups excluding carboxylic acids is 2. The van der Waals surface area contributed by atoms with Gasteiger partial charge in [-0.15, -0.1) is 0 Å². The fourth-order valence-corrected chi connectivity index (χ4v) is 3.77. The zero-order valence-corrected chi connectivity index (χ0v) is 20.1. The summed E-state index contributed by atoms with van der Waals surface area (Å²) in [5.74, 6) is 0.945. The van der Waals surface area contributed by atoms with E-state index in [9.17, 15) is 9.59 Å². The average Bonchev–Trinajstić information content (AvgIpc) is 3.12. The summed E-state index contributed by atoms with van der Waals surface area (Å²) in [5.41, 5.74) is 3.37. The molecule has 0 saturated heterocycles. The van der Waals surface area contributed by atoms with Gasteiger partial charge in [0.05, 0.1) is 17.7 Å². The van der Waals surface area contributed by atoms with Crippen LogP contribution in [0.1, 0.15) is 65.1 Å². The monoisotopic (exact) mass is 456 g/mol. The largest absolute Gasteiger partial charge is 0.493 e. The molecule has 4 rings (SSSR count). The number of ketones is 1. The molecule has 0 saturated carbocycles. The molecule has 0 aliphatic carbocycles. The maximum atomic E-state index is 12.9. The molecule has 3 aromatic rings. The van der Waals surface area contributed by atoms with E-state index in [0.717, 1.165) is 11.1 Å². The van der Waals surface area contributed by atoms with E-state index in [1.54, 1.807) is 37.3 Å². The molecule has 0 aromatic heterocycles. The van der Waals surface area contributed by atoms with E-state index in [4.69, 9.17) is 14.2 Å². The Morgan fingerprint density at radius 1 is 0.971 bits per heavy atom. The molecule has 0 unspecified atom stereocenters. The first kappa shape index (κ1) is 23.3. The molecule has 1 aliphatic rings. The van der Waals surface area contributed by atoms with Gasteiger partial charge in [-0.2, -0.15) is 0 Å². The predicted octanol–water partition coefficient (Wildman–Crippen LogP) is 6.53. The van der Waals surface area contributed by atoms with Crippen LogP contribution in [0.15, 0.2) is 66.4 Å². The minimum Gasteiger partial charge on any atom is -0.493 e. The molecule has 5 heteroatoms. The van der Waals surface area contributed by atoms with Crippen molar-refractivity contribution in [1.29, 1.82) is 0 Å². The van der Waals surface area contributed by atoms with Gasteiger partial charge in [-0.3, -0.25) is 4.79 Å². The molecule has 5 nitrogen and oxygen atoms in total. The van der Waals surface area contributed by atoms with Crippen molar-refractivity contribution in [2.75, 3.05) is 6.61 Å². The Balaban J connectivity index is 1.57. The number of para-hydroxylation sites is 1. The number of esters is 1. The second kappa shape index (κ2) is 9.18. The van der Waals surface area contributed by atoms with Gasteiger partial charge in [0.2, 0.25) is 5.78 Å². The Labute approximate surface area is 200 Å². The number of ether oxygens (including phenoxy) is 3. The van der Waals surface area contributed by atoms with Crippen molar-refractivity contribution in [2.45, 2.75) is 40.0 Å². The van der Waals surface area contributed by atoms with E-state index in [0.29, 0.717) is 40.5 Å². The predicted molar refractivity (Wildman–Crippen MR) is 132 cm³/mol. The van der Waals surface area contributed by atoms with Crippen LogP contribution in [-0.2, 0) is 5.41 Å². The summed E-state index contributed by atoms with van der Waals surface area (Å²) in [6.07, 6.45) is 1.68. The molecule has 0 spiro atoms. The van der Waals surface area contributed by atoms with Crippen LogP contribution in [0, 0.1) is 6.92 Å².